The number of hydrogen-bond donors (Lipinski definition) is 2. The lowest BCUT2D eigenvalue weighted by atomic mass is 10.0. The largest absolute Gasteiger partial charge is 0.756 e. The SMILES string of the molecule is CC/C=C\C/C=C\C/C=C\C/C=C\C/C=C\C/C=C\C/C=C\C/C=C\CCCCCCCCCCCCCCCCC(=O)NC(COP(=O)([O-])OCC[N+](C)(C)C)C(O)CCCCCCCCCCCCCCCCCCCCCCCCCCCC. The molecule has 0 bridgehead atoms. The average Bonchev–Trinajstić information content (AvgIpc) is 3.69. The van der Waals surface area contributed by atoms with E-state index in [1.807, 2.05) is 21.1 Å². The maximum absolute atomic E-state index is 13.1. The third-order valence-corrected chi connectivity index (χ3v) is 17.6. The molecule has 0 fully saturated rings. The molecule has 0 aromatic carbocycles. The van der Waals surface area contributed by atoms with Gasteiger partial charge in [-0.15, -0.1) is 0 Å². The van der Waals surface area contributed by atoms with E-state index in [0.717, 1.165) is 89.9 Å². The first-order valence-electron chi connectivity index (χ1n) is 37.1. The molecule has 3 atom stereocenters. The van der Waals surface area contributed by atoms with E-state index in [1.165, 1.54) is 225 Å². The summed E-state index contributed by atoms with van der Waals surface area (Å²) < 4.78 is 23.6. The number of likely N-dealkylation sites (N-methyl/N-ethyl adjacent to an activating group) is 1. The van der Waals surface area contributed by atoms with Crippen LogP contribution in [-0.2, 0) is 18.4 Å². The van der Waals surface area contributed by atoms with Crippen LogP contribution in [0.2, 0.25) is 0 Å². The third-order valence-electron chi connectivity index (χ3n) is 16.6. The number of unbranched alkanes of at least 4 members (excludes halogenated alkanes) is 39. The fraction of sp³-hybridized carbons (Fsp3) is 0.782. The molecule has 506 valence electrons. The molecule has 8 nitrogen and oxygen atoms in total. The summed E-state index contributed by atoms with van der Waals surface area (Å²) in [6, 6.07) is -0.807. The van der Waals surface area contributed by atoms with Gasteiger partial charge in [-0.05, 0) is 77.0 Å². The van der Waals surface area contributed by atoms with Crippen LogP contribution in [0.5, 0.6) is 0 Å². The molecular formula is C78H143N2O6P. The van der Waals surface area contributed by atoms with Crippen molar-refractivity contribution in [1.29, 1.82) is 0 Å². The zero-order valence-corrected chi connectivity index (χ0v) is 58.9. The van der Waals surface area contributed by atoms with Crippen molar-refractivity contribution in [3.8, 4) is 0 Å². The molecule has 0 aliphatic heterocycles. The normalized spacial score (nSPS) is 14.1. The number of quaternary nitrogens is 1. The average molecular weight is 1240 g/mol. The molecule has 0 aromatic heterocycles. The molecule has 0 saturated heterocycles. The van der Waals surface area contributed by atoms with Crippen molar-refractivity contribution in [2.24, 2.45) is 0 Å². The molecule has 3 unspecified atom stereocenters. The lowest BCUT2D eigenvalue weighted by molar-refractivity contribution is -0.870. The zero-order valence-electron chi connectivity index (χ0n) is 58.0. The summed E-state index contributed by atoms with van der Waals surface area (Å²) in [7, 11) is 1.31. The number of aliphatic hydroxyl groups excluding tert-OH is 1. The molecule has 1 amide bonds. The maximum Gasteiger partial charge on any atom is 0.268 e. The van der Waals surface area contributed by atoms with Gasteiger partial charge >= 0.3 is 0 Å². The molecule has 9 heteroatoms. The summed E-state index contributed by atoms with van der Waals surface area (Å²) in [5.41, 5.74) is 0. The Morgan fingerprint density at radius 2 is 0.701 bits per heavy atom. The van der Waals surface area contributed by atoms with Gasteiger partial charge in [0.05, 0.1) is 39.9 Å². The highest BCUT2D eigenvalue weighted by atomic mass is 31.2. The van der Waals surface area contributed by atoms with Crippen molar-refractivity contribution >= 4 is 13.7 Å². The molecule has 87 heavy (non-hydrogen) atoms. The predicted octanol–water partition coefficient (Wildman–Crippen LogP) is 23.4. The van der Waals surface area contributed by atoms with Crippen LogP contribution in [0, 0.1) is 0 Å². The number of nitrogens with one attached hydrogen (secondary N) is 1. The minimum absolute atomic E-state index is 0.0102. The Morgan fingerprint density at radius 1 is 0.414 bits per heavy atom. The van der Waals surface area contributed by atoms with E-state index < -0.39 is 20.0 Å². The highest BCUT2D eigenvalue weighted by molar-refractivity contribution is 7.45. The Balaban J connectivity index is 4.02. The van der Waals surface area contributed by atoms with E-state index in [0.29, 0.717) is 23.9 Å². The summed E-state index contributed by atoms with van der Waals surface area (Å²) in [5, 5.41) is 14.1. The van der Waals surface area contributed by atoms with E-state index in [1.54, 1.807) is 0 Å². The van der Waals surface area contributed by atoms with Crippen LogP contribution in [0.1, 0.15) is 341 Å². The van der Waals surface area contributed by atoms with Gasteiger partial charge in [-0.2, -0.15) is 0 Å². The van der Waals surface area contributed by atoms with Crippen LogP contribution in [0.15, 0.2) is 97.2 Å². The van der Waals surface area contributed by atoms with E-state index >= 15 is 0 Å². The van der Waals surface area contributed by atoms with Crippen LogP contribution in [0.25, 0.3) is 0 Å². The Bertz CT molecular complexity index is 1740. The van der Waals surface area contributed by atoms with Crippen LogP contribution >= 0.6 is 7.82 Å². The number of phosphoric acid groups is 1. The van der Waals surface area contributed by atoms with Gasteiger partial charge in [0.2, 0.25) is 5.91 Å². The first kappa shape index (κ1) is 84.4. The van der Waals surface area contributed by atoms with Gasteiger partial charge in [-0.1, -0.05) is 355 Å². The van der Waals surface area contributed by atoms with Crippen molar-refractivity contribution in [3.63, 3.8) is 0 Å². The molecule has 0 radical (unpaired) electrons. The molecule has 0 saturated carbocycles. The third kappa shape index (κ3) is 70.7. The van der Waals surface area contributed by atoms with Gasteiger partial charge in [0.1, 0.15) is 13.2 Å². The number of phosphoric ester groups is 1. The molecule has 2 N–H and O–H groups in total. The van der Waals surface area contributed by atoms with Gasteiger partial charge in [0.15, 0.2) is 0 Å². The van der Waals surface area contributed by atoms with E-state index in [9.17, 15) is 19.4 Å². The summed E-state index contributed by atoms with van der Waals surface area (Å²) in [5.74, 6) is -0.163. The minimum Gasteiger partial charge on any atom is -0.756 e. The van der Waals surface area contributed by atoms with Gasteiger partial charge in [-0.25, -0.2) is 0 Å². The molecule has 0 heterocycles. The fourth-order valence-electron chi connectivity index (χ4n) is 10.9. The summed E-state index contributed by atoms with van der Waals surface area (Å²) in [6.07, 6.45) is 97.8. The Morgan fingerprint density at radius 3 is 1.02 bits per heavy atom. The fourth-order valence-corrected chi connectivity index (χ4v) is 11.6. The molecule has 0 aliphatic rings. The maximum atomic E-state index is 13.1. The molecule has 0 rings (SSSR count). The van der Waals surface area contributed by atoms with Gasteiger partial charge in [0, 0.05) is 6.42 Å². The van der Waals surface area contributed by atoms with Crippen LogP contribution in [-0.4, -0.2) is 68.5 Å². The number of carbonyl (C=O) groups is 1. The second-order valence-corrected chi connectivity index (χ2v) is 27.7. The van der Waals surface area contributed by atoms with Crippen molar-refractivity contribution < 1.29 is 32.9 Å². The first-order valence-corrected chi connectivity index (χ1v) is 38.5. The van der Waals surface area contributed by atoms with Gasteiger partial charge in [0.25, 0.3) is 7.82 Å². The second kappa shape index (κ2) is 67.8. The van der Waals surface area contributed by atoms with E-state index in [4.69, 9.17) is 9.05 Å². The smallest absolute Gasteiger partial charge is 0.268 e. The lowest BCUT2D eigenvalue weighted by Crippen LogP contribution is -2.46. The van der Waals surface area contributed by atoms with Crippen molar-refractivity contribution in [2.45, 2.75) is 353 Å². The highest BCUT2D eigenvalue weighted by Crippen LogP contribution is 2.38. The number of carbonyl (C=O) groups excluding carboxylic acids is 1. The van der Waals surface area contributed by atoms with Crippen LogP contribution in [0.4, 0.5) is 0 Å². The topological polar surface area (TPSA) is 108 Å². The number of aliphatic hydroxyl groups is 1. The second-order valence-electron chi connectivity index (χ2n) is 26.3. The number of allylic oxidation sites excluding steroid dienone is 16. The van der Waals surface area contributed by atoms with Crippen molar-refractivity contribution in [1.82, 2.24) is 5.32 Å². The number of amides is 1. The zero-order chi connectivity index (χ0) is 63.4. The summed E-state index contributed by atoms with van der Waals surface area (Å²) in [4.78, 5) is 25.7. The van der Waals surface area contributed by atoms with Gasteiger partial charge in [-0.3, -0.25) is 9.36 Å². The molecule has 0 spiro atoms. The molecular weight excluding hydrogens is 1090 g/mol. The van der Waals surface area contributed by atoms with Crippen molar-refractivity contribution in [2.75, 3.05) is 40.9 Å². The summed E-state index contributed by atoms with van der Waals surface area (Å²) >= 11 is 0. The highest BCUT2D eigenvalue weighted by Gasteiger charge is 2.24. The minimum atomic E-state index is -4.59. The van der Waals surface area contributed by atoms with Crippen LogP contribution < -0.4 is 10.2 Å². The van der Waals surface area contributed by atoms with Gasteiger partial charge < -0.3 is 28.8 Å². The monoisotopic (exact) mass is 1240 g/mol. The Hall–Kier alpha value is -2.58. The van der Waals surface area contributed by atoms with E-state index in [2.05, 4.69) is 116 Å². The molecule has 0 aromatic rings. The Kier molecular flexibility index (Phi) is 65.8. The predicted molar refractivity (Wildman–Crippen MR) is 380 cm³/mol. The Labute approximate surface area is 540 Å². The first-order chi connectivity index (χ1) is 42.5. The number of hydrogen-bond acceptors (Lipinski definition) is 6. The lowest BCUT2D eigenvalue weighted by Gasteiger charge is -2.30. The number of nitrogens with zero attached hydrogens (tertiary/aromatic N) is 1. The van der Waals surface area contributed by atoms with Crippen LogP contribution in [0.3, 0.4) is 0 Å². The van der Waals surface area contributed by atoms with E-state index in [-0.39, 0.29) is 19.1 Å². The molecule has 0 aliphatic carbocycles. The number of rotatable bonds is 68. The standard InChI is InChI=1S/C78H143N2O6P/c1-6-8-10-12-14-16-18-20-22-24-26-28-30-32-34-35-36-37-38-39-40-41-42-43-44-45-46-48-50-52-54-56-58-60-62-64-66-68-70-72-78(82)79-76(75-86-87(83,84)85-74-73-80(3,4)5)77(81)71-69-67-65-63-61-59-57-55-53-51-49-47-33-31-29-27-25-23-21-19-17-15-13-11-9-7-2/h8,10,14,16,20,22,26,28,32,34,36-37,39-40,42-43,76-77,81H,6-7,9,11-13,15,17-19,21,23-25,27,29-31,33,35,38,41,44-75H2,1-5H3,(H-,79,82,83,84)/b10-8-,16-14-,22-20-,28-26-,34-32-,37-36-,40-39-,43-42-. The quantitative estimate of drug-likeness (QED) is 0.0272. The summed E-state index contributed by atoms with van der Waals surface area (Å²) in [6.45, 7) is 4.65. The van der Waals surface area contributed by atoms with Crippen molar-refractivity contribution in [3.05, 3.63) is 97.2 Å².